The first-order valence-electron chi connectivity index (χ1n) is 7.56. The van der Waals surface area contributed by atoms with Crippen LogP contribution in [0.25, 0.3) is 0 Å². The molecule has 112 valence electrons. The molecule has 3 rings (SSSR count). The van der Waals surface area contributed by atoms with Gasteiger partial charge in [-0.2, -0.15) is 0 Å². The zero-order chi connectivity index (χ0) is 14.5. The predicted molar refractivity (Wildman–Crippen MR) is 83.1 cm³/mol. The summed E-state index contributed by atoms with van der Waals surface area (Å²) in [4.78, 5) is 2.49. The maximum Gasteiger partial charge on any atom is 0.121 e. The highest BCUT2D eigenvalue weighted by molar-refractivity contribution is 5.43. The molecule has 0 atom stereocenters. The second-order valence-electron chi connectivity index (χ2n) is 5.56. The molecule has 0 bridgehead atoms. The van der Waals surface area contributed by atoms with Crippen molar-refractivity contribution in [3.63, 3.8) is 0 Å². The molecule has 2 N–H and O–H groups in total. The number of nitrogen functional groups attached to an aromatic ring is 1. The summed E-state index contributed by atoms with van der Waals surface area (Å²) in [5, 5.41) is 0. The molecule has 1 aliphatic carbocycles. The van der Waals surface area contributed by atoms with E-state index in [1.165, 1.54) is 12.8 Å². The van der Waals surface area contributed by atoms with Crippen LogP contribution in [-0.4, -0.2) is 24.1 Å². The van der Waals surface area contributed by atoms with E-state index < -0.39 is 0 Å². The van der Waals surface area contributed by atoms with Crippen molar-refractivity contribution in [2.24, 2.45) is 0 Å². The number of nitrogens with two attached hydrogens (primary N) is 1. The summed E-state index contributed by atoms with van der Waals surface area (Å²) in [6.45, 7) is 2.65. The van der Waals surface area contributed by atoms with Crippen molar-refractivity contribution in [2.45, 2.75) is 31.8 Å². The third-order valence-corrected chi connectivity index (χ3v) is 3.72. The quantitative estimate of drug-likeness (QED) is 0.597. The molecular formula is C17H22N2O2. The van der Waals surface area contributed by atoms with Gasteiger partial charge in [0.15, 0.2) is 0 Å². The van der Waals surface area contributed by atoms with E-state index in [2.05, 4.69) is 4.90 Å². The number of rotatable bonds is 8. The van der Waals surface area contributed by atoms with Gasteiger partial charge < -0.3 is 14.9 Å². The van der Waals surface area contributed by atoms with Crippen molar-refractivity contribution in [3.8, 4) is 5.75 Å². The van der Waals surface area contributed by atoms with Gasteiger partial charge in [0.05, 0.1) is 19.4 Å². The van der Waals surface area contributed by atoms with Gasteiger partial charge in [-0.1, -0.05) is 6.07 Å². The molecule has 2 aromatic rings. The van der Waals surface area contributed by atoms with Gasteiger partial charge in [0.1, 0.15) is 11.5 Å². The van der Waals surface area contributed by atoms with Gasteiger partial charge in [-0.05, 0) is 43.5 Å². The van der Waals surface area contributed by atoms with Gasteiger partial charge in [0, 0.05) is 24.3 Å². The first kappa shape index (κ1) is 14.0. The Morgan fingerprint density at radius 1 is 1.24 bits per heavy atom. The maximum absolute atomic E-state index is 5.74. The monoisotopic (exact) mass is 286 g/mol. The Morgan fingerprint density at radius 2 is 2.14 bits per heavy atom. The molecule has 1 aromatic heterocycles. The van der Waals surface area contributed by atoms with Crippen LogP contribution in [0.3, 0.4) is 0 Å². The predicted octanol–water partition coefficient (Wildman–Crippen LogP) is 3.30. The highest BCUT2D eigenvalue weighted by atomic mass is 16.5. The minimum absolute atomic E-state index is 0.713. The molecule has 1 aliphatic rings. The maximum atomic E-state index is 5.74. The zero-order valence-corrected chi connectivity index (χ0v) is 12.2. The fraction of sp³-hybridized carbons (Fsp3) is 0.412. The van der Waals surface area contributed by atoms with E-state index in [1.54, 1.807) is 6.26 Å². The molecule has 0 amide bonds. The standard InChI is InChI=1S/C17H22N2O2/c18-14-4-1-5-16(12-14)20-11-3-9-19(15-7-8-15)13-17-6-2-10-21-17/h1-2,4-6,10,12,15H,3,7-9,11,13,18H2. The lowest BCUT2D eigenvalue weighted by Crippen LogP contribution is -2.27. The molecule has 4 heteroatoms. The Kier molecular flexibility index (Phi) is 4.46. The molecule has 1 aromatic carbocycles. The Morgan fingerprint density at radius 3 is 2.86 bits per heavy atom. The molecule has 0 radical (unpaired) electrons. The smallest absolute Gasteiger partial charge is 0.121 e. The lowest BCUT2D eigenvalue weighted by molar-refractivity contribution is 0.207. The minimum Gasteiger partial charge on any atom is -0.493 e. The summed E-state index contributed by atoms with van der Waals surface area (Å²) in [5.41, 5.74) is 6.48. The Hall–Kier alpha value is -1.94. The van der Waals surface area contributed by atoms with E-state index in [-0.39, 0.29) is 0 Å². The van der Waals surface area contributed by atoms with E-state index in [0.29, 0.717) is 6.61 Å². The average molecular weight is 286 g/mol. The average Bonchev–Trinajstić information content (AvgIpc) is 3.20. The number of hydrogen-bond donors (Lipinski definition) is 1. The van der Waals surface area contributed by atoms with Crippen LogP contribution in [0.4, 0.5) is 5.69 Å². The van der Waals surface area contributed by atoms with E-state index in [0.717, 1.165) is 42.7 Å². The normalized spacial score (nSPS) is 14.5. The highest BCUT2D eigenvalue weighted by Gasteiger charge is 2.28. The Labute approximate surface area is 125 Å². The summed E-state index contributed by atoms with van der Waals surface area (Å²) in [5.74, 6) is 1.89. The van der Waals surface area contributed by atoms with Crippen LogP contribution < -0.4 is 10.5 Å². The largest absolute Gasteiger partial charge is 0.493 e. The van der Waals surface area contributed by atoms with Gasteiger partial charge in [-0.25, -0.2) is 0 Å². The zero-order valence-electron chi connectivity index (χ0n) is 12.2. The van der Waals surface area contributed by atoms with Crippen molar-refractivity contribution in [1.82, 2.24) is 4.90 Å². The van der Waals surface area contributed by atoms with Crippen molar-refractivity contribution in [1.29, 1.82) is 0 Å². The molecule has 0 unspecified atom stereocenters. The highest BCUT2D eigenvalue weighted by Crippen LogP contribution is 2.28. The number of furan rings is 1. The number of ether oxygens (including phenoxy) is 1. The Balaban J connectivity index is 1.42. The molecule has 21 heavy (non-hydrogen) atoms. The SMILES string of the molecule is Nc1cccc(OCCCN(Cc2ccco2)C2CC2)c1. The number of benzene rings is 1. The van der Waals surface area contributed by atoms with Crippen molar-refractivity contribution < 1.29 is 9.15 Å². The van der Waals surface area contributed by atoms with Gasteiger partial charge in [0.25, 0.3) is 0 Å². The molecule has 1 saturated carbocycles. The number of anilines is 1. The summed E-state index contributed by atoms with van der Waals surface area (Å²) in [6.07, 6.45) is 5.35. The second-order valence-corrected chi connectivity index (χ2v) is 5.56. The number of nitrogens with zero attached hydrogens (tertiary/aromatic N) is 1. The molecule has 0 spiro atoms. The van der Waals surface area contributed by atoms with Gasteiger partial charge in [-0.3, -0.25) is 4.90 Å². The summed E-state index contributed by atoms with van der Waals surface area (Å²) >= 11 is 0. The number of hydrogen-bond acceptors (Lipinski definition) is 4. The molecule has 4 nitrogen and oxygen atoms in total. The summed E-state index contributed by atoms with van der Waals surface area (Å²) in [6, 6.07) is 12.3. The fourth-order valence-corrected chi connectivity index (χ4v) is 2.50. The fourth-order valence-electron chi connectivity index (χ4n) is 2.50. The van der Waals surface area contributed by atoms with Gasteiger partial charge in [-0.15, -0.1) is 0 Å². The van der Waals surface area contributed by atoms with Crippen molar-refractivity contribution in [2.75, 3.05) is 18.9 Å². The summed E-state index contributed by atoms with van der Waals surface area (Å²) in [7, 11) is 0. The van der Waals surface area contributed by atoms with Crippen LogP contribution in [0.15, 0.2) is 47.1 Å². The summed E-state index contributed by atoms with van der Waals surface area (Å²) < 4.78 is 11.2. The van der Waals surface area contributed by atoms with E-state index in [9.17, 15) is 0 Å². The molecule has 0 saturated heterocycles. The Bertz CT molecular complexity index is 550. The first-order valence-corrected chi connectivity index (χ1v) is 7.56. The second kappa shape index (κ2) is 6.68. The van der Waals surface area contributed by atoms with Gasteiger partial charge in [0.2, 0.25) is 0 Å². The van der Waals surface area contributed by atoms with E-state index in [4.69, 9.17) is 14.9 Å². The van der Waals surface area contributed by atoms with Crippen LogP contribution >= 0.6 is 0 Å². The van der Waals surface area contributed by atoms with E-state index in [1.807, 2.05) is 36.4 Å². The van der Waals surface area contributed by atoms with Crippen LogP contribution in [0.1, 0.15) is 25.0 Å². The first-order chi connectivity index (χ1) is 10.3. The van der Waals surface area contributed by atoms with Crippen molar-refractivity contribution >= 4 is 5.69 Å². The van der Waals surface area contributed by atoms with Crippen LogP contribution in [0.5, 0.6) is 5.75 Å². The van der Waals surface area contributed by atoms with Crippen LogP contribution in [0, 0.1) is 0 Å². The molecule has 1 fully saturated rings. The lowest BCUT2D eigenvalue weighted by atomic mass is 10.3. The minimum atomic E-state index is 0.713. The topological polar surface area (TPSA) is 51.6 Å². The molecular weight excluding hydrogens is 264 g/mol. The van der Waals surface area contributed by atoms with Crippen molar-refractivity contribution in [3.05, 3.63) is 48.4 Å². The third kappa shape index (κ3) is 4.26. The molecule has 1 heterocycles. The van der Waals surface area contributed by atoms with Gasteiger partial charge >= 0.3 is 0 Å². The lowest BCUT2D eigenvalue weighted by Gasteiger charge is -2.20. The van der Waals surface area contributed by atoms with E-state index >= 15 is 0 Å². The third-order valence-electron chi connectivity index (χ3n) is 3.72. The van der Waals surface area contributed by atoms with Crippen LogP contribution in [0.2, 0.25) is 0 Å². The van der Waals surface area contributed by atoms with Crippen LogP contribution in [-0.2, 0) is 6.54 Å². The molecule has 0 aliphatic heterocycles.